The highest BCUT2D eigenvalue weighted by Crippen LogP contribution is 2.29. The molecule has 17 heavy (non-hydrogen) atoms. The van der Waals surface area contributed by atoms with Gasteiger partial charge in [0.2, 0.25) is 0 Å². The maximum Gasteiger partial charge on any atom is 0.417 e. The van der Waals surface area contributed by atoms with Crippen LogP contribution in [0.4, 0.5) is 13.2 Å². The second kappa shape index (κ2) is 3.76. The minimum absolute atomic E-state index is 0.0681. The zero-order valence-corrected chi connectivity index (χ0v) is 8.40. The number of nitrogens with zero attached hydrogens (tertiary/aromatic N) is 2. The largest absolute Gasteiger partial charge is 0.481 e. The summed E-state index contributed by atoms with van der Waals surface area (Å²) in [6, 6.07) is 2.18. The van der Waals surface area contributed by atoms with Crippen molar-refractivity contribution < 1.29 is 23.1 Å². The summed E-state index contributed by atoms with van der Waals surface area (Å²) < 4.78 is 38.5. The van der Waals surface area contributed by atoms with E-state index in [1.807, 2.05) is 0 Å². The Labute approximate surface area is 93.3 Å². The summed E-state index contributed by atoms with van der Waals surface area (Å²) in [6.45, 7) is 0. The van der Waals surface area contributed by atoms with Crippen LogP contribution in [0.25, 0.3) is 5.52 Å². The molecule has 0 unspecified atom stereocenters. The van der Waals surface area contributed by atoms with Gasteiger partial charge in [-0.25, -0.2) is 4.98 Å². The molecule has 2 aromatic heterocycles. The highest BCUT2D eigenvalue weighted by atomic mass is 19.4. The van der Waals surface area contributed by atoms with Crippen LogP contribution in [0.5, 0.6) is 0 Å². The van der Waals surface area contributed by atoms with Crippen LogP contribution in [-0.4, -0.2) is 20.5 Å². The Hall–Kier alpha value is -2.05. The fraction of sp³-hybridized carbons (Fsp3) is 0.200. The molecule has 0 saturated heterocycles. The first-order valence-electron chi connectivity index (χ1n) is 4.63. The number of pyridine rings is 1. The summed E-state index contributed by atoms with van der Waals surface area (Å²) in [4.78, 5) is 14.3. The molecule has 0 atom stereocenters. The fourth-order valence-corrected chi connectivity index (χ4v) is 1.48. The quantitative estimate of drug-likeness (QED) is 0.878. The second-order valence-electron chi connectivity index (χ2n) is 3.46. The van der Waals surface area contributed by atoms with E-state index in [1.54, 1.807) is 0 Å². The van der Waals surface area contributed by atoms with Crippen molar-refractivity contribution in [1.82, 2.24) is 9.38 Å². The molecule has 0 aliphatic rings. The molecule has 4 nitrogen and oxygen atoms in total. The van der Waals surface area contributed by atoms with Crippen molar-refractivity contribution in [3.63, 3.8) is 0 Å². The lowest BCUT2D eigenvalue weighted by Crippen LogP contribution is -2.09. The number of halogens is 3. The van der Waals surface area contributed by atoms with Crippen molar-refractivity contribution in [2.24, 2.45) is 0 Å². The Bertz CT molecular complexity index is 574. The van der Waals surface area contributed by atoms with E-state index in [0.717, 1.165) is 16.7 Å². The average molecular weight is 244 g/mol. The van der Waals surface area contributed by atoms with Crippen molar-refractivity contribution >= 4 is 11.5 Å². The van der Waals surface area contributed by atoms with Gasteiger partial charge in [0.05, 0.1) is 17.3 Å². The number of carboxylic acids is 1. The number of imidazole rings is 1. The first kappa shape index (κ1) is 11.4. The van der Waals surface area contributed by atoms with Crippen molar-refractivity contribution in [2.45, 2.75) is 12.6 Å². The van der Waals surface area contributed by atoms with Gasteiger partial charge in [-0.15, -0.1) is 0 Å². The third-order valence-electron chi connectivity index (χ3n) is 2.24. The van der Waals surface area contributed by atoms with E-state index in [4.69, 9.17) is 5.11 Å². The van der Waals surface area contributed by atoms with Gasteiger partial charge in [0, 0.05) is 6.20 Å². The summed E-state index contributed by atoms with van der Waals surface area (Å²) >= 11 is 0. The molecule has 0 spiro atoms. The normalized spacial score (nSPS) is 11.9. The van der Waals surface area contributed by atoms with Crippen LogP contribution in [0.2, 0.25) is 0 Å². The highest BCUT2D eigenvalue weighted by molar-refractivity contribution is 5.69. The second-order valence-corrected chi connectivity index (χ2v) is 3.46. The first-order chi connectivity index (χ1) is 7.88. The van der Waals surface area contributed by atoms with Crippen molar-refractivity contribution in [3.8, 4) is 0 Å². The van der Waals surface area contributed by atoms with Crippen LogP contribution < -0.4 is 0 Å². The van der Waals surface area contributed by atoms with Crippen LogP contribution in [-0.2, 0) is 17.4 Å². The van der Waals surface area contributed by atoms with Gasteiger partial charge in [-0.05, 0) is 12.1 Å². The number of carbonyl (C=O) groups is 1. The van der Waals surface area contributed by atoms with E-state index in [0.29, 0.717) is 5.52 Å². The van der Waals surface area contributed by atoms with Gasteiger partial charge >= 0.3 is 12.1 Å². The molecule has 0 saturated carbocycles. The standard InChI is InChI=1S/C10H7F3N2O2/c11-10(12,13)6-1-2-7-4-14-8(3-9(16)17)15(7)5-6/h1-2,4-5H,3H2,(H,16,17). The van der Waals surface area contributed by atoms with Gasteiger partial charge in [0.15, 0.2) is 0 Å². The summed E-state index contributed by atoms with van der Waals surface area (Å²) in [5, 5.41) is 8.60. The van der Waals surface area contributed by atoms with Gasteiger partial charge in [0.25, 0.3) is 0 Å². The van der Waals surface area contributed by atoms with Crippen LogP contribution in [0, 0.1) is 0 Å². The number of hydrogen-bond donors (Lipinski definition) is 1. The Kier molecular flexibility index (Phi) is 2.53. The van der Waals surface area contributed by atoms with Crippen molar-refractivity contribution in [1.29, 1.82) is 0 Å². The summed E-state index contributed by atoms with van der Waals surface area (Å²) in [5.74, 6) is -1.08. The molecule has 0 fully saturated rings. The minimum Gasteiger partial charge on any atom is -0.481 e. The third kappa shape index (κ3) is 2.22. The van der Waals surface area contributed by atoms with E-state index in [1.165, 1.54) is 12.3 Å². The topological polar surface area (TPSA) is 54.6 Å². The molecule has 0 radical (unpaired) electrons. The molecule has 2 aromatic rings. The molecule has 2 heterocycles. The van der Waals surface area contributed by atoms with E-state index < -0.39 is 24.1 Å². The number of carboxylic acid groups (broad SMARTS) is 1. The first-order valence-corrected chi connectivity index (χ1v) is 4.63. The van der Waals surface area contributed by atoms with Crippen LogP contribution in [0.1, 0.15) is 11.4 Å². The maximum absolute atomic E-state index is 12.5. The fourth-order valence-electron chi connectivity index (χ4n) is 1.48. The highest BCUT2D eigenvalue weighted by Gasteiger charge is 2.31. The van der Waals surface area contributed by atoms with Gasteiger partial charge in [-0.3, -0.25) is 4.79 Å². The molecule has 2 rings (SSSR count). The number of alkyl halides is 3. The zero-order valence-electron chi connectivity index (χ0n) is 8.40. The molecule has 0 aromatic carbocycles. The van der Waals surface area contributed by atoms with Crippen LogP contribution in [0.3, 0.4) is 0 Å². The summed E-state index contributed by atoms with van der Waals surface area (Å²) in [7, 11) is 0. The third-order valence-corrected chi connectivity index (χ3v) is 2.24. The van der Waals surface area contributed by atoms with Gasteiger partial charge < -0.3 is 9.51 Å². The zero-order chi connectivity index (χ0) is 12.6. The number of aromatic nitrogens is 2. The number of rotatable bonds is 2. The Balaban J connectivity index is 2.54. The van der Waals surface area contributed by atoms with E-state index in [2.05, 4.69) is 4.98 Å². The molecule has 7 heteroatoms. The summed E-state index contributed by atoms with van der Waals surface area (Å²) in [5.41, 5.74) is -0.413. The van der Waals surface area contributed by atoms with E-state index in [-0.39, 0.29) is 5.82 Å². The Morgan fingerprint density at radius 3 is 2.71 bits per heavy atom. The van der Waals surface area contributed by atoms with E-state index in [9.17, 15) is 18.0 Å². The van der Waals surface area contributed by atoms with Gasteiger partial charge in [0.1, 0.15) is 12.2 Å². The van der Waals surface area contributed by atoms with Gasteiger partial charge in [-0.2, -0.15) is 13.2 Å². The maximum atomic E-state index is 12.5. The summed E-state index contributed by atoms with van der Waals surface area (Å²) in [6.07, 6.45) is -2.70. The van der Waals surface area contributed by atoms with Crippen LogP contribution >= 0.6 is 0 Å². The molecule has 0 amide bonds. The molecule has 0 aliphatic carbocycles. The van der Waals surface area contributed by atoms with Crippen molar-refractivity contribution in [2.75, 3.05) is 0 Å². The molecule has 90 valence electrons. The number of fused-ring (bicyclic) bond motifs is 1. The number of hydrogen-bond acceptors (Lipinski definition) is 2. The smallest absolute Gasteiger partial charge is 0.417 e. The van der Waals surface area contributed by atoms with E-state index >= 15 is 0 Å². The minimum atomic E-state index is -4.46. The lowest BCUT2D eigenvalue weighted by Gasteiger charge is -2.07. The SMILES string of the molecule is O=C(O)Cc1ncc2ccc(C(F)(F)F)cn12. The van der Waals surface area contributed by atoms with Crippen LogP contribution in [0.15, 0.2) is 24.5 Å². The Morgan fingerprint density at radius 1 is 1.41 bits per heavy atom. The van der Waals surface area contributed by atoms with Gasteiger partial charge in [-0.1, -0.05) is 0 Å². The molecule has 0 bridgehead atoms. The molecular formula is C10H7F3N2O2. The molecule has 1 N–H and O–H groups in total. The molecular weight excluding hydrogens is 237 g/mol. The lowest BCUT2D eigenvalue weighted by molar-refractivity contribution is -0.138. The van der Waals surface area contributed by atoms with Crippen molar-refractivity contribution in [3.05, 3.63) is 35.9 Å². The Morgan fingerprint density at radius 2 is 2.12 bits per heavy atom. The molecule has 0 aliphatic heterocycles. The number of aliphatic carboxylic acids is 1. The predicted octanol–water partition coefficient (Wildman–Crippen LogP) is 1.98. The predicted molar refractivity (Wildman–Crippen MR) is 51.5 cm³/mol. The monoisotopic (exact) mass is 244 g/mol. The lowest BCUT2D eigenvalue weighted by atomic mass is 10.2. The average Bonchev–Trinajstić information content (AvgIpc) is 2.59.